The van der Waals surface area contributed by atoms with E-state index in [1.165, 1.54) is 0 Å². The molecular weight excluding hydrogens is 232 g/mol. The molecule has 0 aliphatic carbocycles. The van der Waals surface area contributed by atoms with E-state index in [4.69, 9.17) is 4.74 Å². The highest BCUT2D eigenvalue weighted by atomic mass is 16.5. The van der Waals surface area contributed by atoms with E-state index in [-0.39, 0.29) is 17.9 Å². The molecule has 5 heteroatoms. The number of alkyl carbamates (subject to hydrolysis) is 1. The summed E-state index contributed by atoms with van der Waals surface area (Å²) in [6, 6.07) is -0.493. The van der Waals surface area contributed by atoms with Gasteiger partial charge in [0.15, 0.2) is 0 Å². The van der Waals surface area contributed by atoms with Crippen molar-refractivity contribution in [2.45, 2.75) is 53.6 Å². The molecule has 0 fully saturated rings. The van der Waals surface area contributed by atoms with Crippen LogP contribution in [0.1, 0.15) is 41.5 Å². The standard InChI is InChI=1S/C13H26N2O3/c1-7-18-13(17)15-11(9(4)5)12(16)14-10(6)8(2)3/h8-11H,7H2,1-6H3,(H,14,16)(H,15,17)/t10-,11+/m1/s1. The summed E-state index contributed by atoms with van der Waals surface area (Å²) in [5.41, 5.74) is 0. The van der Waals surface area contributed by atoms with Gasteiger partial charge in [-0.15, -0.1) is 0 Å². The summed E-state index contributed by atoms with van der Waals surface area (Å²) in [4.78, 5) is 23.4. The van der Waals surface area contributed by atoms with Gasteiger partial charge in [0.1, 0.15) is 6.04 Å². The van der Waals surface area contributed by atoms with Gasteiger partial charge in [0.05, 0.1) is 6.61 Å². The lowest BCUT2D eigenvalue weighted by Gasteiger charge is -2.25. The Kier molecular flexibility index (Phi) is 7.39. The van der Waals surface area contributed by atoms with Crippen molar-refractivity contribution >= 4 is 12.0 Å². The predicted molar refractivity (Wildman–Crippen MR) is 71.2 cm³/mol. The summed E-state index contributed by atoms with van der Waals surface area (Å²) in [7, 11) is 0. The van der Waals surface area contributed by atoms with E-state index in [1.54, 1.807) is 6.92 Å². The molecule has 0 bridgehead atoms. The van der Waals surface area contributed by atoms with Crippen LogP contribution in [-0.4, -0.2) is 30.7 Å². The molecule has 2 amide bonds. The molecule has 0 saturated heterocycles. The third kappa shape index (κ3) is 5.89. The highest BCUT2D eigenvalue weighted by Gasteiger charge is 2.26. The molecule has 106 valence electrons. The largest absolute Gasteiger partial charge is 0.450 e. The molecule has 0 aromatic rings. The molecule has 0 radical (unpaired) electrons. The number of nitrogens with one attached hydrogen (secondary N) is 2. The minimum atomic E-state index is -0.565. The second kappa shape index (κ2) is 7.95. The molecule has 0 unspecified atom stereocenters. The Balaban J connectivity index is 4.50. The van der Waals surface area contributed by atoms with Crippen LogP contribution in [0.2, 0.25) is 0 Å². The Hall–Kier alpha value is -1.26. The molecule has 2 atom stereocenters. The number of hydrogen-bond acceptors (Lipinski definition) is 3. The van der Waals surface area contributed by atoms with Crippen LogP contribution in [0.15, 0.2) is 0 Å². The van der Waals surface area contributed by atoms with E-state index in [9.17, 15) is 9.59 Å². The zero-order chi connectivity index (χ0) is 14.3. The second-order valence-electron chi connectivity index (χ2n) is 5.13. The maximum Gasteiger partial charge on any atom is 0.407 e. The number of carbonyl (C=O) groups is 2. The van der Waals surface area contributed by atoms with Crippen molar-refractivity contribution in [3.05, 3.63) is 0 Å². The van der Waals surface area contributed by atoms with Crippen LogP contribution in [0.25, 0.3) is 0 Å². The smallest absolute Gasteiger partial charge is 0.407 e. The Bertz CT molecular complexity index is 277. The average Bonchev–Trinajstić information content (AvgIpc) is 2.25. The summed E-state index contributed by atoms with van der Waals surface area (Å²) < 4.78 is 4.80. The van der Waals surface area contributed by atoms with Gasteiger partial charge in [0.25, 0.3) is 0 Å². The number of ether oxygens (including phenoxy) is 1. The highest BCUT2D eigenvalue weighted by molar-refractivity contribution is 5.86. The molecule has 0 aliphatic heterocycles. The fourth-order valence-corrected chi connectivity index (χ4v) is 1.32. The molecule has 0 saturated carbocycles. The van der Waals surface area contributed by atoms with E-state index < -0.39 is 12.1 Å². The first-order chi connectivity index (χ1) is 8.29. The van der Waals surface area contributed by atoms with Crippen molar-refractivity contribution in [2.75, 3.05) is 6.61 Å². The van der Waals surface area contributed by atoms with Crippen LogP contribution in [0, 0.1) is 11.8 Å². The summed E-state index contributed by atoms with van der Waals surface area (Å²) >= 11 is 0. The Morgan fingerprint density at radius 3 is 1.94 bits per heavy atom. The average molecular weight is 258 g/mol. The molecule has 0 aliphatic rings. The molecule has 0 heterocycles. The van der Waals surface area contributed by atoms with E-state index in [1.807, 2.05) is 34.6 Å². The molecule has 18 heavy (non-hydrogen) atoms. The number of hydrogen-bond donors (Lipinski definition) is 2. The van der Waals surface area contributed by atoms with Crippen LogP contribution in [0.4, 0.5) is 4.79 Å². The van der Waals surface area contributed by atoms with Crippen LogP contribution in [0.5, 0.6) is 0 Å². The molecule has 2 N–H and O–H groups in total. The summed E-state index contributed by atoms with van der Waals surface area (Å²) in [5.74, 6) is 0.192. The lowest BCUT2D eigenvalue weighted by atomic mass is 10.0. The third-order valence-electron chi connectivity index (χ3n) is 2.87. The molecular formula is C13H26N2O3. The molecule has 0 aromatic heterocycles. The predicted octanol–water partition coefficient (Wildman–Crippen LogP) is 1.92. The van der Waals surface area contributed by atoms with Crippen LogP contribution >= 0.6 is 0 Å². The topological polar surface area (TPSA) is 67.4 Å². The summed E-state index contributed by atoms with van der Waals surface area (Å²) in [5, 5.41) is 5.49. The minimum Gasteiger partial charge on any atom is -0.450 e. The number of amides is 2. The first kappa shape index (κ1) is 16.7. The van der Waals surface area contributed by atoms with E-state index >= 15 is 0 Å². The fraction of sp³-hybridized carbons (Fsp3) is 0.846. The minimum absolute atomic E-state index is 0.00812. The zero-order valence-corrected chi connectivity index (χ0v) is 12.2. The normalized spacial score (nSPS) is 14.2. The van der Waals surface area contributed by atoms with Gasteiger partial charge >= 0.3 is 6.09 Å². The third-order valence-corrected chi connectivity index (χ3v) is 2.87. The van der Waals surface area contributed by atoms with Gasteiger partial charge in [-0.1, -0.05) is 27.7 Å². The first-order valence-corrected chi connectivity index (χ1v) is 6.53. The van der Waals surface area contributed by atoms with Gasteiger partial charge < -0.3 is 15.4 Å². The van der Waals surface area contributed by atoms with Crippen molar-refractivity contribution in [3.63, 3.8) is 0 Å². The SMILES string of the molecule is CCOC(=O)N[C@H](C(=O)N[C@H](C)C(C)C)C(C)C. The molecule has 0 rings (SSSR count). The van der Waals surface area contributed by atoms with Crippen LogP contribution in [-0.2, 0) is 9.53 Å². The molecule has 0 aromatic carbocycles. The van der Waals surface area contributed by atoms with E-state index in [2.05, 4.69) is 10.6 Å². The van der Waals surface area contributed by atoms with Crippen molar-refractivity contribution in [2.24, 2.45) is 11.8 Å². The molecule has 5 nitrogen and oxygen atoms in total. The lowest BCUT2D eigenvalue weighted by molar-refractivity contribution is -0.124. The van der Waals surface area contributed by atoms with Gasteiger partial charge in [-0.05, 0) is 25.7 Å². The van der Waals surface area contributed by atoms with Crippen LogP contribution < -0.4 is 10.6 Å². The Morgan fingerprint density at radius 2 is 1.56 bits per heavy atom. The van der Waals surface area contributed by atoms with Gasteiger partial charge in [-0.3, -0.25) is 4.79 Å². The van der Waals surface area contributed by atoms with Crippen molar-refractivity contribution in [1.82, 2.24) is 10.6 Å². The van der Waals surface area contributed by atoms with Gasteiger partial charge in [-0.2, -0.15) is 0 Å². The van der Waals surface area contributed by atoms with Crippen LogP contribution in [0.3, 0.4) is 0 Å². The van der Waals surface area contributed by atoms with E-state index in [0.717, 1.165) is 0 Å². The van der Waals surface area contributed by atoms with Gasteiger partial charge in [0, 0.05) is 6.04 Å². The lowest BCUT2D eigenvalue weighted by Crippen LogP contribution is -2.52. The zero-order valence-electron chi connectivity index (χ0n) is 12.2. The Morgan fingerprint density at radius 1 is 1.00 bits per heavy atom. The summed E-state index contributed by atoms with van der Waals surface area (Å²) in [6.07, 6.45) is -0.552. The van der Waals surface area contributed by atoms with Gasteiger partial charge in [0.2, 0.25) is 5.91 Å². The monoisotopic (exact) mass is 258 g/mol. The van der Waals surface area contributed by atoms with Crippen molar-refractivity contribution in [3.8, 4) is 0 Å². The van der Waals surface area contributed by atoms with Crippen molar-refractivity contribution < 1.29 is 14.3 Å². The maximum absolute atomic E-state index is 12.1. The van der Waals surface area contributed by atoms with E-state index in [0.29, 0.717) is 12.5 Å². The first-order valence-electron chi connectivity index (χ1n) is 6.53. The second-order valence-corrected chi connectivity index (χ2v) is 5.13. The highest BCUT2D eigenvalue weighted by Crippen LogP contribution is 2.05. The molecule has 0 spiro atoms. The maximum atomic E-state index is 12.1. The quantitative estimate of drug-likeness (QED) is 0.765. The Labute approximate surface area is 110 Å². The fourth-order valence-electron chi connectivity index (χ4n) is 1.32. The van der Waals surface area contributed by atoms with Gasteiger partial charge in [-0.25, -0.2) is 4.79 Å². The van der Waals surface area contributed by atoms with Crippen molar-refractivity contribution in [1.29, 1.82) is 0 Å². The summed E-state index contributed by atoms with van der Waals surface area (Å²) in [6.45, 7) is 11.8. The number of carbonyl (C=O) groups excluding carboxylic acids is 2. The number of rotatable bonds is 6.